The number of aromatic nitrogens is 1. The second-order valence-electron chi connectivity index (χ2n) is 6.38. The average Bonchev–Trinajstić information content (AvgIpc) is 2.66. The molecule has 25 heavy (non-hydrogen) atoms. The van der Waals surface area contributed by atoms with E-state index in [1.54, 1.807) is 7.11 Å². The van der Waals surface area contributed by atoms with Crippen LogP contribution in [0.5, 0.6) is 5.75 Å². The van der Waals surface area contributed by atoms with E-state index in [-0.39, 0.29) is 5.91 Å². The zero-order valence-corrected chi connectivity index (χ0v) is 14.5. The highest BCUT2D eigenvalue weighted by Gasteiger charge is 2.25. The number of methoxy groups -OCH3 is 1. The lowest BCUT2D eigenvalue weighted by Crippen LogP contribution is -2.35. The van der Waals surface area contributed by atoms with E-state index in [0.717, 1.165) is 47.4 Å². The Morgan fingerprint density at radius 3 is 2.84 bits per heavy atom. The Morgan fingerprint density at radius 2 is 2.00 bits per heavy atom. The van der Waals surface area contributed by atoms with Crippen LogP contribution in [0.4, 0.5) is 5.69 Å². The molecule has 0 fully saturated rings. The minimum absolute atomic E-state index is 0.0240. The molecule has 0 radical (unpaired) electrons. The number of hydrogen-bond acceptors (Lipinski definition) is 3. The SMILES string of the molecule is COc1ccc2nc(C)cc(C(=O)N3CCCc4ccccc43)c2c1. The van der Waals surface area contributed by atoms with Crippen molar-refractivity contribution in [1.29, 1.82) is 0 Å². The van der Waals surface area contributed by atoms with Gasteiger partial charge in [-0.3, -0.25) is 9.78 Å². The number of nitrogens with zero attached hydrogens (tertiary/aromatic N) is 2. The van der Waals surface area contributed by atoms with E-state index in [4.69, 9.17) is 4.74 Å². The van der Waals surface area contributed by atoms with Crippen LogP contribution in [0.15, 0.2) is 48.5 Å². The largest absolute Gasteiger partial charge is 0.497 e. The van der Waals surface area contributed by atoms with Gasteiger partial charge in [0.1, 0.15) is 5.75 Å². The Bertz CT molecular complexity index is 965. The molecule has 2 aromatic carbocycles. The van der Waals surface area contributed by atoms with E-state index >= 15 is 0 Å². The number of pyridine rings is 1. The summed E-state index contributed by atoms with van der Waals surface area (Å²) in [7, 11) is 1.63. The van der Waals surface area contributed by atoms with Gasteiger partial charge in [-0.15, -0.1) is 0 Å². The second-order valence-corrected chi connectivity index (χ2v) is 6.38. The van der Waals surface area contributed by atoms with Gasteiger partial charge in [0.2, 0.25) is 0 Å². The predicted molar refractivity (Wildman–Crippen MR) is 99.5 cm³/mol. The van der Waals surface area contributed by atoms with Gasteiger partial charge in [0, 0.05) is 23.3 Å². The first kappa shape index (κ1) is 15.6. The first-order valence-electron chi connectivity index (χ1n) is 8.52. The van der Waals surface area contributed by atoms with Crippen LogP contribution < -0.4 is 9.64 Å². The molecule has 0 N–H and O–H groups in total. The molecule has 1 aliphatic heterocycles. The lowest BCUT2D eigenvalue weighted by Gasteiger charge is -2.30. The smallest absolute Gasteiger partial charge is 0.259 e. The third kappa shape index (κ3) is 2.74. The van der Waals surface area contributed by atoms with Crippen LogP contribution in [0.25, 0.3) is 10.9 Å². The molecule has 4 rings (SSSR count). The molecule has 0 atom stereocenters. The monoisotopic (exact) mass is 332 g/mol. The Labute approximate surface area is 147 Å². The summed E-state index contributed by atoms with van der Waals surface area (Å²) in [5.74, 6) is 0.752. The molecule has 0 aliphatic carbocycles. The van der Waals surface area contributed by atoms with Gasteiger partial charge in [-0.1, -0.05) is 18.2 Å². The average molecular weight is 332 g/mol. The molecule has 0 unspecified atom stereocenters. The zero-order chi connectivity index (χ0) is 17.4. The number of para-hydroxylation sites is 1. The third-order valence-corrected chi connectivity index (χ3v) is 4.73. The molecular formula is C21H20N2O2. The van der Waals surface area contributed by atoms with Crippen molar-refractivity contribution in [3.8, 4) is 5.75 Å². The molecule has 1 aromatic heterocycles. The number of rotatable bonds is 2. The van der Waals surface area contributed by atoms with Crippen molar-refractivity contribution in [3.63, 3.8) is 0 Å². The van der Waals surface area contributed by atoms with E-state index in [1.807, 2.05) is 54.3 Å². The van der Waals surface area contributed by atoms with Gasteiger partial charge >= 0.3 is 0 Å². The van der Waals surface area contributed by atoms with E-state index in [9.17, 15) is 4.79 Å². The Hall–Kier alpha value is -2.88. The standard InChI is InChI=1S/C21H20N2O2/c1-14-12-18(17-13-16(25-2)9-10-19(17)22-14)21(24)23-11-5-7-15-6-3-4-8-20(15)23/h3-4,6,8-10,12-13H,5,7,11H2,1-2H3. The first-order chi connectivity index (χ1) is 12.2. The van der Waals surface area contributed by atoms with Gasteiger partial charge < -0.3 is 9.64 Å². The molecule has 4 heteroatoms. The van der Waals surface area contributed by atoms with Gasteiger partial charge in [-0.25, -0.2) is 0 Å². The Morgan fingerprint density at radius 1 is 1.16 bits per heavy atom. The fourth-order valence-corrected chi connectivity index (χ4v) is 3.53. The van der Waals surface area contributed by atoms with Crippen LogP contribution in [0, 0.1) is 6.92 Å². The molecule has 1 aliphatic rings. The highest BCUT2D eigenvalue weighted by atomic mass is 16.5. The summed E-state index contributed by atoms with van der Waals surface area (Å²) < 4.78 is 5.34. The summed E-state index contributed by atoms with van der Waals surface area (Å²) in [4.78, 5) is 19.8. The van der Waals surface area contributed by atoms with Crippen molar-refractivity contribution in [3.05, 3.63) is 65.4 Å². The summed E-state index contributed by atoms with van der Waals surface area (Å²) in [5, 5.41) is 0.831. The Balaban J connectivity index is 1.86. The van der Waals surface area contributed by atoms with Crippen LogP contribution in [-0.2, 0) is 6.42 Å². The van der Waals surface area contributed by atoms with Crippen molar-refractivity contribution in [2.24, 2.45) is 0 Å². The summed E-state index contributed by atoms with van der Waals surface area (Å²) in [6.07, 6.45) is 2.00. The molecular weight excluding hydrogens is 312 g/mol. The molecule has 1 amide bonds. The number of carbonyl (C=O) groups excluding carboxylic acids is 1. The zero-order valence-electron chi connectivity index (χ0n) is 14.5. The molecule has 0 spiro atoms. The van der Waals surface area contributed by atoms with E-state index in [1.165, 1.54) is 5.56 Å². The van der Waals surface area contributed by atoms with Gasteiger partial charge in [-0.2, -0.15) is 0 Å². The number of ether oxygens (including phenoxy) is 1. The summed E-state index contributed by atoms with van der Waals surface area (Å²) in [6, 6.07) is 15.7. The molecule has 0 saturated carbocycles. The number of benzene rings is 2. The summed E-state index contributed by atoms with van der Waals surface area (Å²) in [5.41, 5.74) is 4.58. The summed E-state index contributed by atoms with van der Waals surface area (Å²) in [6.45, 7) is 2.66. The minimum Gasteiger partial charge on any atom is -0.497 e. The van der Waals surface area contributed by atoms with E-state index in [0.29, 0.717) is 5.56 Å². The lowest BCUT2D eigenvalue weighted by molar-refractivity contribution is 0.0986. The van der Waals surface area contributed by atoms with Gasteiger partial charge in [0.25, 0.3) is 5.91 Å². The normalized spacial score (nSPS) is 13.6. The fraction of sp³-hybridized carbons (Fsp3) is 0.238. The third-order valence-electron chi connectivity index (χ3n) is 4.73. The van der Waals surface area contributed by atoms with Crippen LogP contribution in [0.2, 0.25) is 0 Å². The van der Waals surface area contributed by atoms with Gasteiger partial charge in [-0.05, 0) is 55.7 Å². The Kier molecular flexibility index (Phi) is 3.88. The van der Waals surface area contributed by atoms with Crippen molar-refractivity contribution in [2.45, 2.75) is 19.8 Å². The molecule has 3 aromatic rings. The highest BCUT2D eigenvalue weighted by molar-refractivity contribution is 6.14. The maximum absolute atomic E-state index is 13.4. The number of anilines is 1. The number of fused-ring (bicyclic) bond motifs is 2. The van der Waals surface area contributed by atoms with Crippen molar-refractivity contribution in [1.82, 2.24) is 4.98 Å². The topological polar surface area (TPSA) is 42.4 Å². The second kappa shape index (κ2) is 6.20. The first-order valence-corrected chi connectivity index (χ1v) is 8.52. The lowest BCUT2D eigenvalue weighted by atomic mass is 9.99. The molecule has 4 nitrogen and oxygen atoms in total. The molecule has 0 saturated heterocycles. The van der Waals surface area contributed by atoms with Crippen molar-refractivity contribution < 1.29 is 9.53 Å². The fourth-order valence-electron chi connectivity index (χ4n) is 3.53. The molecule has 0 bridgehead atoms. The highest BCUT2D eigenvalue weighted by Crippen LogP contribution is 2.30. The van der Waals surface area contributed by atoms with Crippen LogP contribution >= 0.6 is 0 Å². The minimum atomic E-state index is 0.0240. The van der Waals surface area contributed by atoms with Gasteiger partial charge in [0.05, 0.1) is 18.2 Å². The van der Waals surface area contributed by atoms with E-state index < -0.39 is 0 Å². The number of amides is 1. The van der Waals surface area contributed by atoms with Crippen LogP contribution in [0.1, 0.15) is 28.0 Å². The quantitative estimate of drug-likeness (QED) is 0.708. The molecule has 126 valence electrons. The van der Waals surface area contributed by atoms with Gasteiger partial charge in [0.15, 0.2) is 0 Å². The van der Waals surface area contributed by atoms with Crippen LogP contribution in [-0.4, -0.2) is 24.5 Å². The van der Waals surface area contributed by atoms with Crippen molar-refractivity contribution >= 4 is 22.5 Å². The van der Waals surface area contributed by atoms with Crippen molar-refractivity contribution in [2.75, 3.05) is 18.6 Å². The van der Waals surface area contributed by atoms with E-state index in [2.05, 4.69) is 11.1 Å². The number of hydrogen-bond donors (Lipinski definition) is 0. The van der Waals surface area contributed by atoms with Crippen LogP contribution in [0.3, 0.4) is 0 Å². The maximum Gasteiger partial charge on any atom is 0.259 e. The maximum atomic E-state index is 13.4. The number of aryl methyl sites for hydroxylation is 2. The number of carbonyl (C=O) groups is 1. The predicted octanol–water partition coefficient (Wildman–Crippen LogP) is 4.14. The summed E-state index contributed by atoms with van der Waals surface area (Å²) >= 11 is 0. The molecule has 2 heterocycles.